The highest BCUT2D eigenvalue weighted by molar-refractivity contribution is 6.00. The number of fused-ring (bicyclic) bond motifs is 1. The number of amides is 2. The van der Waals surface area contributed by atoms with Crippen molar-refractivity contribution in [3.63, 3.8) is 0 Å². The maximum atomic E-state index is 12.3. The lowest BCUT2D eigenvalue weighted by Crippen LogP contribution is -2.38. The molecule has 1 atom stereocenters. The lowest BCUT2D eigenvalue weighted by Gasteiger charge is -2.13. The normalized spacial score (nSPS) is 12.1. The van der Waals surface area contributed by atoms with Gasteiger partial charge in [0.1, 0.15) is 0 Å². The van der Waals surface area contributed by atoms with Crippen molar-refractivity contribution in [1.82, 2.24) is 4.98 Å². The van der Waals surface area contributed by atoms with Gasteiger partial charge in [0.2, 0.25) is 11.8 Å². The van der Waals surface area contributed by atoms with Crippen LogP contribution in [0.5, 0.6) is 11.5 Å². The van der Waals surface area contributed by atoms with Crippen LogP contribution < -0.4 is 26.3 Å². The van der Waals surface area contributed by atoms with Gasteiger partial charge in [-0.25, -0.2) is 0 Å². The van der Waals surface area contributed by atoms with Crippen LogP contribution in [0.25, 0.3) is 22.2 Å². The minimum Gasteiger partial charge on any atom is -0.493 e. The Morgan fingerprint density at radius 3 is 2.39 bits per heavy atom. The van der Waals surface area contributed by atoms with Gasteiger partial charge in [-0.1, -0.05) is 13.8 Å². The number of hydrogen-bond donors (Lipinski definition) is 4. The van der Waals surface area contributed by atoms with Crippen LogP contribution in [-0.4, -0.2) is 37.1 Å². The number of nitrogens with one attached hydrogen (secondary N) is 2. The monoisotopic (exact) mass is 424 g/mol. The van der Waals surface area contributed by atoms with Gasteiger partial charge in [-0.15, -0.1) is 0 Å². The molecule has 2 amide bonds. The van der Waals surface area contributed by atoms with E-state index in [1.807, 2.05) is 30.3 Å². The SMILES string of the molecule is COc1ccc(-c2[nH]c3ccc(NC(=O)C(N)CC(N)=O)cc3c2C(C)C)cc1OC. The minimum absolute atomic E-state index is 0.208. The lowest BCUT2D eigenvalue weighted by molar-refractivity contribution is -0.123. The number of carbonyl (C=O) groups is 2. The summed E-state index contributed by atoms with van der Waals surface area (Å²) < 4.78 is 10.8. The molecule has 8 nitrogen and oxygen atoms in total. The van der Waals surface area contributed by atoms with Crippen LogP contribution in [0, 0.1) is 0 Å². The van der Waals surface area contributed by atoms with E-state index >= 15 is 0 Å². The first-order valence-electron chi connectivity index (χ1n) is 9.97. The number of carbonyl (C=O) groups excluding carboxylic acids is 2. The Balaban J connectivity index is 2.03. The fourth-order valence-electron chi connectivity index (χ4n) is 3.65. The second kappa shape index (κ2) is 9.09. The molecule has 3 rings (SSSR count). The zero-order valence-corrected chi connectivity index (χ0v) is 18.1. The molecule has 2 aromatic carbocycles. The standard InChI is InChI=1S/C23H28N4O4/c1-12(2)21-15-10-14(26-23(29)16(24)11-20(25)28)6-7-17(15)27-22(21)13-5-8-18(30-3)19(9-13)31-4/h5-10,12,16,27H,11,24H2,1-4H3,(H2,25,28)(H,26,29). The van der Waals surface area contributed by atoms with E-state index in [1.54, 1.807) is 20.3 Å². The second-order valence-electron chi connectivity index (χ2n) is 7.66. The van der Waals surface area contributed by atoms with Gasteiger partial charge in [0, 0.05) is 22.2 Å². The number of H-pyrrole nitrogens is 1. The maximum absolute atomic E-state index is 12.3. The molecule has 0 aliphatic heterocycles. The average Bonchev–Trinajstić information content (AvgIpc) is 3.11. The van der Waals surface area contributed by atoms with E-state index in [0.29, 0.717) is 17.2 Å². The van der Waals surface area contributed by atoms with Crippen molar-refractivity contribution in [2.24, 2.45) is 11.5 Å². The van der Waals surface area contributed by atoms with Crippen molar-refractivity contribution >= 4 is 28.4 Å². The number of ether oxygens (including phenoxy) is 2. The highest BCUT2D eigenvalue weighted by Crippen LogP contribution is 2.39. The van der Waals surface area contributed by atoms with Crippen molar-refractivity contribution in [2.45, 2.75) is 32.2 Å². The molecule has 164 valence electrons. The molecule has 0 aliphatic carbocycles. The molecule has 1 heterocycles. The summed E-state index contributed by atoms with van der Waals surface area (Å²) in [5.41, 5.74) is 15.5. The van der Waals surface area contributed by atoms with E-state index in [-0.39, 0.29) is 12.3 Å². The van der Waals surface area contributed by atoms with Gasteiger partial charge < -0.3 is 31.2 Å². The molecular formula is C23H28N4O4. The van der Waals surface area contributed by atoms with E-state index in [2.05, 4.69) is 24.1 Å². The number of benzene rings is 2. The molecule has 0 saturated heterocycles. The molecule has 1 aromatic heterocycles. The van der Waals surface area contributed by atoms with Crippen LogP contribution in [0.2, 0.25) is 0 Å². The summed E-state index contributed by atoms with van der Waals surface area (Å²) in [4.78, 5) is 26.8. The number of rotatable bonds is 8. The Morgan fingerprint density at radius 2 is 1.77 bits per heavy atom. The molecule has 0 bridgehead atoms. The summed E-state index contributed by atoms with van der Waals surface area (Å²) >= 11 is 0. The first-order valence-corrected chi connectivity index (χ1v) is 9.97. The summed E-state index contributed by atoms with van der Waals surface area (Å²) in [6.07, 6.45) is -0.209. The fourth-order valence-corrected chi connectivity index (χ4v) is 3.65. The van der Waals surface area contributed by atoms with Crippen LogP contribution in [0.3, 0.4) is 0 Å². The quantitative estimate of drug-likeness (QED) is 0.441. The topological polar surface area (TPSA) is 132 Å². The van der Waals surface area contributed by atoms with E-state index in [1.165, 1.54) is 0 Å². The molecule has 0 spiro atoms. The summed E-state index contributed by atoms with van der Waals surface area (Å²) in [6, 6.07) is 10.4. The number of primary amides is 1. The van der Waals surface area contributed by atoms with Crippen LogP contribution in [0.4, 0.5) is 5.69 Å². The molecular weight excluding hydrogens is 396 g/mol. The fraction of sp³-hybridized carbons (Fsp3) is 0.304. The van der Waals surface area contributed by atoms with Crippen molar-refractivity contribution in [3.8, 4) is 22.8 Å². The molecule has 6 N–H and O–H groups in total. The average molecular weight is 425 g/mol. The summed E-state index contributed by atoms with van der Waals surface area (Å²) in [7, 11) is 3.21. The second-order valence-corrected chi connectivity index (χ2v) is 7.66. The Labute approximate surface area is 180 Å². The lowest BCUT2D eigenvalue weighted by atomic mass is 9.95. The van der Waals surface area contributed by atoms with Crippen molar-refractivity contribution in [1.29, 1.82) is 0 Å². The third-order valence-corrected chi connectivity index (χ3v) is 5.11. The molecule has 3 aromatic rings. The van der Waals surface area contributed by atoms with Crippen LogP contribution >= 0.6 is 0 Å². The maximum Gasteiger partial charge on any atom is 0.241 e. The number of anilines is 1. The van der Waals surface area contributed by atoms with Gasteiger partial charge in [-0.05, 0) is 47.9 Å². The predicted octanol–water partition coefficient (Wildman–Crippen LogP) is 3.12. The smallest absolute Gasteiger partial charge is 0.241 e. The van der Waals surface area contributed by atoms with Gasteiger partial charge in [0.05, 0.1) is 32.4 Å². The van der Waals surface area contributed by atoms with Gasteiger partial charge >= 0.3 is 0 Å². The van der Waals surface area contributed by atoms with Gasteiger partial charge in [0.25, 0.3) is 0 Å². The van der Waals surface area contributed by atoms with E-state index in [9.17, 15) is 9.59 Å². The highest BCUT2D eigenvalue weighted by atomic mass is 16.5. The number of aromatic amines is 1. The zero-order chi connectivity index (χ0) is 22.7. The summed E-state index contributed by atoms with van der Waals surface area (Å²) in [5, 5.41) is 3.75. The third-order valence-electron chi connectivity index (χ3n) is 5.11. The molecule has 31 heavy (non-hydrogen) atoms. The Hall–Kier alpha value is -3.52. The van der Waals surface area contributed by atoms with E-state index < -0.39 is 17.9 Å². The first-order chi connectivity index (χ1) is 14.7. The number of aromatic nitrogens is 1. The highest BCUT2D eigenvalue weighted by Gasteiger charge is 2.20. The molecule has 1 unspecified atom stereocenters. The van der Waals surface area contributed by atoms with E-state index in [4.69, 9.17) is 20.9 Å². The number of hydrogen-bond acceptors (Lipinski definition) is 5. The van der Waals surface area contributed by atoms with Crippen molar-refractivity contribution in [2.75, 3.05) is 19.5 Å². The zero-order valence-electron chi connectivity index (χ0n) is 18.1. The van der Waals surface area contributed by atoms with Crippen molar-refractivity contribution < 1.29 is 19.1 Å². The number of nitrogens with two attached hydrogens (primary N) is 2. The van der Waals surface area contributed by atoms with Crippen LogP contribution in [0.1, 0.15) is 31.7 Å². The molecule has 0 saturated carbocycles. The summed E-state index contributed by atoms with van der Waals surface area (Å²) in [6.45, 7) is 4.22. The predicted molar refractivity (Wildman–Crippen MR) is 121 cm³/mol. The summed E-state index contributed by atoms with van der Waals surface area (Å²) in [5.74, 6) is 0.431. The molecule has 8 heteroatoms. The molecule has 0 fully saturated rings. The van der Waals surface area contributed by atoms with Gasteiger partial charge in [-0.2, -0.15) is 0 Å². The largest absolute Gasteiger partial charge is 0.493 e. The first kappa shape index (κ1) is 22.2. The third kappa shape index (κ3) is 4.64. The van der Waals surface area contributed by atoms with Crippen LogP contribution in [0.15, 0.2) is 36.4 Å². The number of methoxy groups -OCH3 is 2. The van der Waals surface area contributed by atoms with Gasteiger partial charge in [-0.3, -0.25) is 9.59 Å². The Morgan fingerprint density at radius 1 is 1.06 bits per heavy atom. The van der Waals surface area contributed by atoms with Crippen molar-refractivity contribution in [3.05, 3.63) is 42.0 Å². The van der Waals surface area contributed by atoms with Gasteiger partial charge in [0.15, 0.2) is 11.5 Å². The molecule has 0 aliphatic rings. The molecule has 0 radical (unpaired) electrons. The van der Waals surface area contributed by atoms with E-state index in [0.717, 1.165) is 27.7 Å². The Bertz CT molecular complexity index is 1120. The van der Waals surface area contributed by atoms with Crippen LogP contribution in [-0.2, 0) is 9.59 Å². The minimum atomic E-state index is -0.994. The Kier molecular flexibility index (Phi) is 6.50.